The van der Waals surface area contributed by atoms with E-state index in [4.69, 9.17) is 10.8 Å². The largest absolute Gasteiger partial charge is 0.465 e. The number of nitrogens with one attached hydrogen (secondary N) is 1. The molecule has 0 bridgehead atoms. The number of carboxylic acid groups (broad SMARTS) is 1. The molecule has 0 atom stereocenters. The average Bonchev–Trinajstić information content (AvgIpc) is 2.57. The second-order valence-electron chi connectivity index (χ2n) is 3.57. The van der Waals surface area contributed by atoms with Crippen molar-refractivity contribution in [3.8, 4) is 0 Å². The van der Waals surface area contributed by atoms with Crippen LogP contribution in [0.4, 0.5) is 16.3 Å². The molecule has 2 amide bonds. The number of carbonyl (C=O) groups is 2. The van der Waals surface area contributed by atoms with Crippen molar-refractivity contribution in [1.82, 2.24) is 14.7 Å². The van der Waals surface area contributed by atoms with Crippen molar-refractivity contribution in [2.24, 2.45) is 7.05 Å². The number of aromatic nitrogens is 2. The summed E-state index contributed by atoms with van der Waals surface area (Å²) in [4.78, 5) is 23.0. The summed E-state index contributed by atoms with van der Waals surface area (Å²) in [6.45, 7) is 0.126. The lowest BCUT2D eigenvalue weighted by Gasteiger charge is -2.12. The number of aryl methyl sites for hydroxylation is 1. The Balaban J connectivity index is 2.45. The van der Waals surface area contributed by atoms with Gasteiger partial charge in [-0.25, -0.2) is 4.79 Å². The average molecular weight is 241 g/mol. The highest BCUT2D eigenvalue weighted by molar-refractivity contribution is 5.93. The number of rotatable bonds is 4. The molecule has 8 nitrogen and oxygen atoms in total. The third-order valence-electron chi connectivity index (χ3n) is 2.26. The van der Waals surface area contributed by atoms with Gasteiger partial charge in [0.2, 0.25) is 5.91 Å². The van der Waals surface area contributed by atoms with Gasteiger partial charge < -0.3 is 21.1 Å². The number of nitrogens with zero attached hydrogens (tertiary/aromatic N) is 3. The number of amides is 2. The minimum absolute atomic E-state index is 0.0666. The normalized spacial score (nSPS) is 10.0. The van der Waals surface area contributed by atoms with Crippen molar-refractivity contribution in [2.75, 3.05) is 24.6 Å². The predicted molar refractivity (Wildman–Crippen MR) is 61.5 cm³/mol. The number of carbonyl (C=O) groups excluding carboxylic acids is 1. The van der Waals surface area contributed by atoms with E-state index in [1.165, 1.54) is 17.9 Å². The number of hydrogen-bond donors (Lipinski definition) is 3. The summed E-state index contributed by atoms with van der Waals surface area (Å²) in [5.74, 6) is 0.0442. The van der Waals surface area contributed by atoms with Crippen LogP contribution in [-0.4, -0.2) is 45.4 Å². The Morgan fingerprint density at radius 2 is 2.29 bits per heavy atom. The van der Waals surface area contributed by atoms with Crippen LogP contribution >= 0.6 is 0 Å². The van der Waals surface area contributed by atoms with Gasteiger partial charge >= 0.3 is 6.09 Å². The Labute approximate surface area is 98.0 Å². The maximum atomic E-state index is 11.5. The lowest BCUT2D eigenvalue weighted by atomic mass is 10.3. The fraction of sp³-hybridized carbons (Fsp3) is 0.444. The molecule has 1 rings (SSSR count). The first-order valence-electron chi connectivity index (χ1n) is 4.93. The molecule has 1 aromatic rings. The highest BCUT2D eigenvalue weighted by Crippen LogP contribution is 2.15. The molecule has 0 saturated heterocycles. The third kappa shape index (κ3) is 3.37. The van der Waals surface area contributed by atoms with Crippen LogP contribution < -0.4 is 11.1 Å². The molecule has 0 aliphatic rings. The van der Waals surface area contributed by atoms with Crippen molar-refractivity contribution in [2.45, 2.75) is 6.42 Å². The van der Waals surface area contributed by atoms with E-state index in [0.717, 1.165) is 4.90 Å². The lowest BCUT2D eigenvalue weighted by molar-refractivity contribution is -0.116. The Morgan fingerprint density at radius 1 is 1.65 bits per heavy atom. The molecule has 0 aliphatic carbocycles. The van der Waals surface area contributed by atoms with Crippen LogP contribution in [0.3, 0.4) is 0 Å². The Bertz CT molecular complexity index is 428. The van der Waals surface area contributed by atoms with Crippen LogP contribution in [0.25, 0.3) is 0 Å². The summed E-state index contributed by atoms with van der Waals surface area (Å²) in [6, 6.07) is 0. The number of nitrogen functional groups attached to an aromatic ring is 1. The first-order valence-corrected chi connectivity index (χ1v) is 4.93. The maximum Gasteiger partial charge on any atom is 0.407 e. The van der Waals surface area contributed by atoms with Gasteiger partial charge in [0.25, 0.3) is 0 Å². The first-order chi connectivity index (χ1) is 7.91. The van der Waals surface area contributed by atoms with Gasteiger partial charge in [-0.3, -0.25) is 9.48 Å². The Hall–Kier alpha value is -2.25. The van der Waals surface area contributed by atoms with E-state index < -0.39 is 6.09 Å². The minimum atomic E-state index is -1.07. The topological polar surface area (TPSA) is 113 Å². The van der Waals surface area contributed by atoms with Gasteiger partial charge in [0.15, 0.2) is 0 Å². The van der Waals surface area contributed by atoms with E-state index in [0.29, 0.717) is 11.5 Å². The smallest absolute Gasteiger partial charge is 0.407 e. The summed E-state index contributed by atoms with van der Waals surface area (Å²) < 4.78 is 1.43. The van der Waals surface area contributed by atoms with E-state index in [9.17, 15) is 9.59 Å². The van der Waals surface area contributed by atoms with E-state index in [1.807, 2.05) is 0 Å². The zero-order valence-corrected chi connectivity index (χ0v) is 9.67. The van der Waals surface area contributed by atoms with Crippen LogP contribution in [0, 0.1) is 0 Å². The first kappa shape index (κ1) is 12.8. The fourth-order valence-corrected chi connectivity index (χ4v) is 1.12. The van der Waals surface area contributed by atoms with Crippen molar-refractivity contribution in [1.29, 1.82) is 0 Å². The van der Waals surface area contributed by atoms with E-state index in [2.05, 4.69) is 10.4 Å². The summed E-state index contributed by atoms with van der Waals surface area (Å²) >= 11 is 0. The van der Waals surface area contributed by atoms with Crippen LogP contribution in [0.1, 0.15) is 6.42 Å². The molecule has 8 heteroatoms. The van der Waals surface area contributed by atoms with Crippen LogP contribution in [0.5, 0.6) is 0 Å². The van der Waals surface area contributed by atoms with E-state index in [1.54, 1.807) is 7.05 Å². The van der Waals surface area contributed by atoms with E-state index >= 15 is 0 Å². The molecule has 0 aliphatic heterocycles. The summed E-state index contributed by atoms with van der Waals surface area (Å²) in [7, 11) is 3.05. The molecular formula is C9H15N5O3. The van der Waals surface area contributed by atoms with Gasteiger partial charge in [0, 0.05) is 27.1 Å². The summed E-state index contributed by atoms with van der Waals surface area (Å²) in [5, 5.41) is 15.0. The maximum absolute atomic E-state index is 11.5. The zero-order chi connectivity index (χ0) is 13.0. The Morgan fingerprint density at radius 3 is 2.76 bits per heavy atom. The SMILES string of the molecule is CN(CCC(=O)Nc1cnn(C)c1N)C(=O)O. The van der Waals surface area contributed by atoms with Gasteiger partial charge in [0.05, 0.1) is 6.20 Å². The second-order valence-corrected chi connectivity index (χ2v) is 3.57. The molecule has 0 unspecified atom stereocenters. The molecule has 0 aromatic carbocycles. The molecule has 0 fully saturated rings. The van der Waals surface area contributed by atoms with Crippen LogP contribution in [-0.2, 0) is 11.8 Å². The minimum Gasteiger partial charge on any atom is -0.465 e. The van der Waals surface area contributed by atoms with Crippen molar-refractivity contribution >= 4 is 23.5 Å². The number of anilines is 2. The second kappa shape index (κ2) is 5.19. The molecule has 0 spiro atoms. The summed E-state index contributed by atoms with van der Waals surface area (Å²) in [5.41, 5.74) is 6.06. The number of nitrogens with two attached hydrogens (primary N) is 1. The third-order valence-corrected chi connectivity index (χ3v) is 2.26. The van der Waals surface area contributed by atoms with Crippen molar-refractivity contribution in [3.05, 3.63) is 6.20 Å². The Kier molecular flexibility index (Phi) is 3.91. The van der Waals surface area contributed by atoms with Crippen LogP contribution in [0.2, 0.25) is 0 Å². The van der Waals surface area contributed by atoms with Gasteiger partial charge in [-0.15, -0.1) is 0 Å². The lowest BCUT2D eigenvalue weighted by Crippen LogP contribution is -2.28. The van der Waals surface area contributed by atoms with Gasteiger partial charge in [0.1, 0.15) is 11.5 Å². The molecule has 0 saturated carbocycles. The monoisotopic (exact) mass is 241 g/mol. The van der Waals surface area contributed by atoms with Gasteiger partial charge in [-0.2, -0.15) is 5.10 Å². The molecule has 1 aromatic heterocycles. The molecule has 1 heterocycles. The van der Waals surface area contributed by atoms with Crippen LogP contribution in [0.15, 0.2) is 6.20 Å². The molecule has 0 radical (unpaired) electrons. The number of hydrogen-bond acceptors (Lipinski definition) is 4. The zero-order valence-electron chi connectivity index (χ0n) is 9.67. The standard InChI is InChI=1S/C9H15N5O3/c1-13(9(16)17)4-3-7(15)12-6-5-11-14(2)8(6)10/h5H,3-4,10H2,1-2H3,(H,12,15)(H,16,17). The quantitative estimate of drug-likeness (QED) is 0.683. The highest BCUT2D eigenvalue weighted by Gasteiger charge is 2.11. The fourth-order valence-electron chi connectivity index (χ4n) is 1.12. The van der Waals surface area contributed by atoms with Crippen molar-refractivity contribution in [3.63, 3.8) is 0 Å². The molecule has 4 N–H and O–H groups in total. The predicted octanol–water partition coefficient (Wildman–Crippen LogP) is -0.0593. The molecule has 94 valence electrons. The van der Waals surface area contributed by atoms with Crippen molar-refractivity contribution < 1.29 is 14.7 Å². The highest BCUT2D eigenvalue weighted by atomic mass is 16.4. The van der Waals surface area contributed by atoms with Gasteiger partial charge in [-0.05, 0) is 0 Å². The van der Waals surface area contributed by atoms with E-state index in [-0.39, 0.29) is 18.9 Å². The van der Waals surface area contributed by atoms with Gasteiger partial charge in [-0.1, -0.05) is 0 Å². The summed E-state index contributed by atoms with van der Waals surface area (Å²) in [6.07, 6.45) is 0.435. The molecule has 17 heavy (non-hydrogen) atoms. The molecular weight excluding hydrogens is 226 g/mol.